The molecule has 2 aromatic rings. The number of ether oxygens (including phenoxy) is 1. The molecule has 29 heavy (non-hydrogen) atoms. The second-order valence-electron chi connectivity index (χ2n) is 8.66. The summed E-state index contributed by atoms with van der Waals surface area (Å²) >= 11 is 0. The first kappa shape index (κ1) is 17.2. The van der Waals surface area contributed by atoms with E-state index in [0.29, 0.717) is 6.04 Å². The molecule has 148 valence electrons. The fourth-order valence-corrected chi connectivity index (χ4v) is 5.48. The van der Waals surface area contributed by atoms with Gasteiger partial charge in [0.1, 0.15) is 5.84 Å². The molecule has 2 atom stereocenters. The highest BCUT2D eigenvalue weighted by Gasteiger charge is 2.45. The summed E-state index contributed by atoms with van der Waals surface area (Å²) in [6, 6.07) is 17.6. The van der Waals surface area contributed by atoms with Gasteiger partial charge in [-0.15, -0.1) is 0 Å². The molecule has 0 N–H and O–H groups in total. The molecule has 1 spiro atoms. The third-order valence-corrected chi connectivity index (χ3v) is 7.17. The van der Waals surface area contributed by atoms with E-state index in [-0.39, 0.29) is 11.5 Å². The highest BCUT2D eigenvalue weighted by molar-refractivity contribution is 6.00. The highest BCUT2D eigenvalue weighted by Crippen LogP contribution is 2.44. The van der Waals surface area contributed by atoms with Crippen LogP contribution >= 0.6 is 0 Å². The third-order valence-electron chi connectivity index (χ3n) is 7.17. The number of benzene rings is 2. The van der Waals surface area contributed by atoms with Gasteiger partial charge in [0.25, 0.3) is 0 Å². The van der Waals surface area contributed by atoms with Crippen LogP contribution in [0.3, 0.4) is 0 Å². The molecule has 4 aliphatic heterocycles. The van der Waals surface area contributed by atoms with Crippen molar-refractivity contribution < 1.29 is 4.74 Å². The van der Waals surface area contributed by atoms with Gasteiger partial charge in [-0.3, -0.25) is 5.01 Å². The van der Waals surface area contributed by atoms with Gasteiger partial charge in [0.05, 0.1) is 29.9 Å². The van der Waals surface area contributed by atoms with Gasteiger partial charge >= 0.3 is 0 Å². The molecule has 0 saturated carbocycles. The van der Waals surface area contributed by atoms with Crippen molar-refractivity contribution >= 4 is 17.7 Å². The van der Waals surface area contributed by atoms with Crippen LogP contribution in [0.15, 0.2) is 58.6 Å². The summed E-state index contributed by atoms with van der Waals surface area (Å²) < 4.78 is 6.37. The van der Waals surface area contributed by atoms with E-state index in [1.54, 1.807) is 0 Å². The lowest BCUT2D eigenvalue weighted by Gasteiger charge is -2.41. The van der Waals surface area contributed by atoms with E-state index in [9.17, 15) is 0 Å². The van der Waals surface area contributed by atoms with Crippen LogP contribution in [0.25, 0.3) is 0 Å². The van der Waals surface area contributed by atoms with Gasteiger partial charge in [-0.05, 0) is 42.0 Å². The average Bonchev–Trinajstić information content (AvgIpc) is 3.24. The van der Waals surface area contributed by atoms with Crippen LogP contribution < -0.4 is 0 Å². The first-order chi connectivity index (χ1) is 14.2. The standard InChI is InChI=1S/C24H26N4O/c1-27-22-14-17-6-3-5-9-21(17)26-23(19(22)15-25-27)28-12-10-24(11-13-28)20-8-4-2-7-18(20)16-29-24/h2-9,15,19,22H,10-14,16H2,1H3. The fraction of sp³-hybridized carbons (Fsp3) is 0.417. The number of nitrogens with zero attached hydrogens (tertiary/aromatic N) is 4. The van der Waals surface area contributed by atoms with E-state index < -0.39 is 0 Å². The van der Waals surface area contributed by atoms with Gasteiger partial charge in [0.2, 0.25) is 0 Å². The number of likely N-dealkylation sites (N-methyl/N-ethyl adjacent to an activating group) is 1. The molecule has 0 bridgehead atoms. The largest absolute Gasteiger partial charge is 0.365 e. The van der Waals surface area contributed by atoms with Gasteiger partial charge in [-0.1, -0.05) is 42.5 Å². The maximum atomic E-state index is 6.37. The van der Waals surface area contributed by atoms with Crippen molar-refractivity contribution in [1.82, 2.24) is 9.91 Å². The van der Waals surface area contributed by atoms with Crippen LogP contribution in [0, 0.1) is 5.92 Å². The molecule has 2 unspecified atom stereocenters. The van der Waals surface area contributed by atoms with E-state index in [4.69, 9.17) is 9.73 Å². The van der Waals surface area contributed by atoms with Gasteiger partial charge in [-0.25, -0.2) is 4.99 Å². The topological polar surface area (TPSA) is 40.4 Å². The molecular formula is C24H26N4O. The molecule has 2 aromatic carbocycles. The lowest BCUT2D eigenvalue weighted by atomic mass is 9.83. The summed E-state index contributed by atoms with van der Waals surface area (Å²) in [5, 5.41) is 6.73. The van der Waals surface area contributed by atoms with Gasteiger partial charge < -0.3 is 9.64 Å². The zero-order chi connectivity index (χ0) is 19.4. The Labute approximate surface area is 171 Å². The second-order valence-corrected chi connectivity index (χ2v) is 8.66. The van der Waals surface area contributed by atoms with E-state index >= 15 is 0 Å². The first-order valence-corrected chi connectivity index (χ1v) is 10.6. The maximum Gasteiger partial charge on any atom is 0.116 e. The Bertz CT molecular complexity index is 1010. The molecule has 4 heterocycles. The van der Waals surface area contributed by atoms with Crippen molar-refractivity contribution in [1.29, 1.82) is 0 Å². The normalized spacial score (nSPS) is 26.7. The molecule has 0 aromatic heterocycles. The first-order valence-electron chi connectivity index (χ1n) is 10.6. The smallest absolute Gasteiger partial charge is 0.116 e. The zero-order valence-corrected chi connectivity index (χ0v) is 16.8. The Kier molecular flexibility index (Phi) is 3.81. The van der Waals surface area contributed by atoms with Crippen molar-refractivity contribution in [3.05, 3.63) is 65.2 Å². The van der Waals surface area contributed by atoms with E-state index in [1.165, 1.54) is 22.5 Å². The minimum atomic E-state index is -0.115. The molecule has 1 saturated heterocycles. The van der Waals surface area contributed by atoms with Crippen molar-refractivity contribution in [2.75, 3.05) is 20.1 Å². The third kappa shape index (κ3) is 2.64. The van der Waals surface area contributed by atoms with Gasteiger partial charge in [0, 0.05) is 26.4 Å². The number of amidine groups is 1. The van der Waals surface area contributed by atoms with Crippen LogP contribution in [-0.2, 0) is 23.4 Å². The van der Waals surface area contributed by atoms with E-state index in [2.05, 4.69) is 76.8 Å². The Morgan fingerprint density at radius 1 is 1.00 bits per heavy atom. The summed E-state index contributed by atoms with van der Waals surface area (Å²) in [5.41, 5.74) is 5.06. The van der Waals surface area contributed by atoms with Gasteiger partial charge in [-0.2, -0.15) is 5.10 Å². The maximum absolute atomic E-state index is 6.37. The summed E-state index contributed by atoms with van der Waals surface area (Å²) in [6.45, 7) is 2.68. The number of hydrazone groups is 1. The molecule has 6 rings (SSSR count). The zero-order valence-electron chi connectivity index (χ0n) is 16.8. The van der Waals surface area contributed by atoms with Crippen LogP contribution in [0.5, 0.6) is 0 Å². The molecule has 4 aliphatic rings. The van der Waals surface area contributed by atoms with E-state index in [0.717, 1.165) is 44.6 Å². The van der Waals surface area contributed by atoms with Crippen LogP contribution in [0.2, 0.25) is 0 Å². The summed E-state index contributed by atoms with van der Waals surface area (Å²) in [4.78, 5) is 7.67. The summed E-state index contributed by atoms with van der Waals surface area (Å²) in [7, 11) is 2.08. The lowest BCUT2D eigenvalue weighted by Crippen LogP contribution is -2.49. The number of fused-ring (bicyclic) bond motifs is 4. The molecule has 0 aliphatic carbocycles. The molecule has 0 amide bonds. The minimum Gasteiger partial charge on any atom is -0.365 e. The monoisotopic (exact) mass is 386 g/mol. The highest BCUT2D eigenvalue weighted by atomic mass is 16.5. The number of piperidine rings is 1. The number of likely N-dealkylation sites (tertiary alicyclic amines) is 1. The Hall–Kier alpha value is -2.66. The predicted molar refractivity (Wildman–Crippen MR) is 114 cm³/mol. The van der Waals surface area contributed by atoms with E-state index in [1.807, 2.05) is 0 Å². The quantitative estimate of drug-likeness (QED) is 0.693. The Balaban J connectivity index is 1.31. The molecule has 0 radical (unpaired) electrons. The van der Waals surface area contributed by atoms with Crippen molar-refractivity contribution in [2.45, 2.75) is 37.5 Å². The lowest BCUT2D eigenvalue weighted by molar-refractivity contribution is -0.0709. The minimum absolute atomic E-state index is 0.115. The van der Waals surface area contributed by atoms with Crippen LogP contribution in [-0.4, -0.2) is 48.1 Å². The molecule has 5 nitrogen and oxygen atoms in total. The van der Waals surface area contributed by atoms with Crippen molar-refractivity contribution in [2.24, 2.45) is 16.0 Å². The Morgan fingerprint density at radius 2 is 1.76 bits per heavy atom. The van der Waals surface area contributed by atoms with Crippen LogP contribution in [0.1, 0.15) is 29.5 Å². The summed E-state index contributed by atoms with van der Waals surface area (Å²) in [6.07, 6.45) is 5.10. The molecule has 5 heteroatoms. The van der Waals surface area contributed by atoms with Crippen molar-refractivity contribution in [3.8, 4) is 0 Å². The van der Waals surface area contributed by atoms with Crippen LogP contribution in [0.4, 0.5) is 5.69 Å². The fourth-order valence-electron chi connectivity index (χ4n) is 5.48. The number of hydrogen-bond donors (Lipinski definition) is 0. The predicted octanol–water partition coefficient (Wildman–Crippen LogP) is 3.71. The summed E-state index contributed by atoms with van der Waals surface area (Å²) in [5.74, 6) is 1.42. The Morgan fingerprint density at radius 3 is 2.62 bits per heavy atom. The molecular weight excluding hydrogens is 360 g/mol. The number of hydrogen-bond acceptors (Lipinski definition) is 5. The number of aliphatic imine (C=N–C) groups is 1. The van der Waals surface area contributed by atoms with Gasteiger partial charge in [0.15, 0.2) is 0 Å². The second kappa shape index (κ2) is 6.42. The average molecular weight is 386 g/mol. The molecule has 1 fully saturated rings. The van der Waals surface area contributed by atoms with Crippen molar-refractivity contribution in [3.63, 3.8) is 0 Å². The number of para-hydroxylation sites is 1. The number of rotatable bonds is 0. The SMILES string of the molecule is CN1N=CC2C(N3CCC4(CC3)OCc3ccccc34)=Nc3ccccc3CC21.